The Kier molecular flexibility index (Phi) is 8.81. The molecule has 2 aromatic rings. The highest BCUT2D eigenvalue weighted by Crippen LogP contribution is 2.44. The second kappa shape index (κ2) is 11.3. The number of halogens is 2. The Morgan fingerprint density at radius 1 is 1.26 bits per heavy atom. The zero-order valence-electron chi connectivity index (χ0n) is 22.7. The van der Waals surface area contributed by atoms with Gasteiger partial charge in [0.1, 0.15) is 4.75 Å². The molecule has 1 N–H and O–H groups in total. The quantitative estimate of drug-likeness (QED) is 0.372. The Bertz CT molecular complexity index is 1360. The molecule has 0 radical (unpaired) electrons. The minimum Gasteiger partial charge on any atom is -0.598 e. The largest absolute Gasteiger partial charge is 0.598 e. The Balaban J connectivity index is 1.66. The number of carbonyl (C=O) groups is 1. The van der Waals surface area contributed by atoms with Gasteiger partial charge in [-0.1, -0.05) is 35.3 Å². The third-order valence-electron chi connectivity index (χ3n) is 7.26. The molecule has 39 heavy (non-hydrogen) atoms. The molecule has 0 amide bonds. The molecule has 1 aromatic heterocycles. The van der Waals surface area contributed by atoms with Gasteiger partial charge < -0.3 is 14.2 Å². The number of hydrogen-bond donors (Lipinski definition) is 1. The molecule has 3 heterocycles. The maximum Gasteiger partial charge on any atom is 0.360 e. The fourth-order valence-electron chi connectivity index (χ4n) is 5.16. The second-order valence-corrected chi connectivity index (χ2v) is 16.0. The molecule has 9 nitrogen and oxygen atoms in total. The van der Waals surface area contributed by atoms with Gasteiger partial charge in [0.2, 0.25) is 0 Å². The summed E-state index contributed by atoms with van der Waals surface area (Å²) in [6.45, 7) is 10.1. The third kappa shape index (κ3) is 6.33. The van der Waals surface area contributed by atoms with E-state index < -0.39 is 43.4 Å². The first-order valence-electron chi connectivity index (χ1n) is 12.8. The highest BCUT2D eigenvalue weighted by atomic mass is 35.5. The summed E-state index contributed by atoms with van der Waals surface area (Å²) in [6, 6.07) is 4.76. The van der Waals surface area contributed by atoms with Crippen LogP contribution in [0.4, 0.5) is 5.82 Å². The molecule has 2 fully saturated rings. The molecular weight excluding hydrogens is 583 g/mol. The van der Waals surface area contributed by atoms with Crippen molar-refractivity contribution in [2.75, 3.05) is 36.1 Å². The van der Waals surface area contributed by atoms with Crippen LogP contribution < -0.4 is 9.62 Å². The number of rotatable bonds is 6. The Labute approximate surface area is 243 Å². The number of sulfone groups is 1. The van der Waals surface area contributed by atoms with Crippen LogP contribution in [-0.2, 0) is 25.9 Å². The van der Waals surface area contributed by atoms with Gasteiger partial charge in [0.15, 0.2) is 21.3 Å². The number of nitrogens with one attached hydrogen (secondary N) is 1. The molecule has 2 aliphatic heterocycles. The predicted octanol–water partition coefficient (Wildman–Crippen LogP) is 4.37. The van der Waals surface area contributed by atoms with Gasteiger partial charge in [0, 0.05) is 35.4 Å². The molecule has 1 unspecified atom stereocenters. The van der Waals surface area contributed by atoms with Crippen LogP contribution in [0.15, 0.2) is 18.2 Å². The van der Waals surface area contributed by atoms with Gasteiger partial charge in [-0.3, -0.25) is 0 Å². The lowest BCUT2D eigenvalue weighted by Crippen LogP contribution is -2.55. The number of aromatic nitrogens is 2. The average Bonchev–Trinajstić information content (AvgIpc) is 3.09. The summed E-state index contributed by atoms with van der Waals surface area (Å²) in [7, 11) is -3.30. The van der Waals surface area contributed by atoms with Crippen LogP contribution in [0, 0.1) is 12.3 Å². The summed E-state index contributed by atoms with van der Waals surface area (Å²) in [5.41, 5.74) is 1.05. The van der Waals surface area contributed by atoms with E-state index in [0.29, 0.717) is 58.7 Å². The molecule has 2 saturated heterocycles. The van der Waals surface area contributed by atoms with Crippen molar-refractivity contribution in [2.45, 2.75) is 58.2 Å². The summed E-state index contributed by atoms with van der Waals surface area (Å²) >= 11 is 11.3. The van der Waals surface area contributed by atoms with E-state index in [1.165, 1.54) is 0 Å². The number of aryl methyl sites for hydroxylation is 1. The highest BCUT2D eigenvalue weighted by molar-refractivity contribution is 7.92. The smallest absolute Gasteiger partial charge is 0.360 e. The third-order valence-corrected chi connectivity index (χ3v) is 11.5. The first-order chi connectivity index (χ1) is 18.2. The van der Waals surface area contributed by atoms with E-state index in [0.717, 1.165) is 0 Å². The van der Waals surface area contributed by atoms with Crippen molar-refractivity contribution < 1.29 is 22.5 Å². The minimum absolute atomic E-state index is 0.0362. The standard InChI is InChI=1S/C26H34Cl2N4O5S2/c1-6-37-24(33)22-23(29-16(2)21(30-22)17-8-7-9-18(27)20(17)28)32-12-10-26(11-13-32)15-39(35,36)14-19(26)31-38(34)25(3,4)5/h7-9,19,31H,6,10-15H2,1-5H3/t19-,38?/m1/s1. The summed E-state index contributed by atoms with van der Waals surface area (Å²) < 4.78 is 46.2. The maximum absolute atomic E-state index is 13.0. The Morgan fingerprint density at radius 3 is 2.54 bits per heavy atom. The zero-order valence-corrected chi connectivity index (χ0v) is 25.9. The number of piperidine rings is 1. The molecule has 0 saturated carbocycles. The van der Waals surface area contributed by atoms with Gasteiger partial charge in [-0.15, -0.1) is 4.72 Å². The molecule has 0 bridgehead atoms. The zero-order chi connectivity index (χ0) is 28.8. The van der Waals surface area contributed by atoms with Crippen LogP contribution in [0.2, 0.25) is 10.0 Å². The van der Waals surface area contributed by atoms with E-state index in [1.807, 2.05) is 25.7 Å². The van der Waals surface area contributed by atoms with E-state index in [-0.39, 0.29) is 23.8 Å². The van der Waals surface area contributed by atoms with Crippen LogP contribution in [0.1, 0.15) is 56.7 Å². The van der Waals surface area contributed by atoms with Crippen LogP contribution in [-0.4, -0.2) is 70.9 Å². The van der Waals surface area contributed by atoms with Gasteiger partial charge in [-0.05, 0) is 53.5 Å². The first kappa shape index (κ1) is 30.3. The summed E-state index contributed by atoms with van der Waals surface area (Å²) in [5.74, 6) is -0.236. The molecule has 13 heteroatoms. The topological polar surface area (TPSA) is 125 Å². The summed E-state index contributed by atoms with van der Waals surface area (Å²) in [4.78, 5) is 24.4. The van der Waals surface area contributed by atoms with E-state index in [1.54, 1.807) is 32.0 Å². The molecular formula is C26H34Cl2N4O5S2. The van der Waals surface area contributed by atoms with Crippen molar-refractivity contribution >= 4 is 56.2 Å². The molecule has 4 rings (SSSR count). The van der Waals surface area contributed by atoms with E-state index in [9.17, 15) is 17.8 Å². The van der Waals surface area contributed by atoms with Crippen molar-refractivity contribution in [3.63, 3.8) is 0 Å². The number of carbonyl (C=O) groups excluding carboxylic acids is 1. The van der Waals surface area contributed by atoms with Crippen molar-refractivity contribution in [1.29, 1.82) is 0 Å². The van der Waals surface area contributed by atoms with E-state index in [2.05, 4.69) is 9.71 Å². The monoisotopic (exact) mass is 616 g/mol. The maximum atomic E-state index is 13.0. The average molecular weight is 618 g/mol. The van der Waals surface area contributed by atoms with Crippen molar-refractivity contribution in [2.24, 2.45) is 5.41 Å². The highest BCUT2D eigenvalue weighted by Gasteiger charge is 2.54. The molecule has 1 spiro atoms. The number of hydrogen-bond acceptors (Lipinski definition) is 9. The minimum atomic E-state index is -3.30. The van der Waals surface area contributed by atoms with E-state index in [4.69, 9.17) is 32.9 Å². The van der Waals surface area contributed by atoms with Crippen LogP contribution in [0.3, 0.4) is 0 Å². The number of nitrogens with zero attached hydrogens (tertiary/aromatic N) is 3. The Morgan fingerprint density at radius 2 is 1.92 bits per heavy atom. The first-order valence-corrected chi connectivity index (χ1v) is 16.5. The predicted molar refractivity (Wildman–Crippen MR) is 156 cm³/mol. The molecule has 2 aliphatic rings. The van der Waals surface area contributed by atoms with Crippen molar-refractivity contribution in [1.82, 2.24) is 14.7 Å². The fraction of sp³-hybridized carbons (Fsp3) is 0.577. The SMILES string of the molecule is CCOC(=O)c1nc(-c2cccc(Cl)c2Cl)c(C)nc1N1CCC2(CC1)CS(=O)(=O)C[C@H]2N[S+]([O-])C(C)(C)C. The number of anilines is 1. The van der Waals surface area contributed by atoms with Crippen molar-refractivity contribution in [3.05, 3.63) is 39.6 Å². The molecule has 1 aromatic carbocycles. The van der Waals surface area contributed by atoms with Gasteiger partial charge in [-0.25, -0.2) is 23.2 Å². The number of ether oxygens (including phenoxy) is 1. The van der Waals surface area contributed by atoms with Gasteiger partial charge >= 0.3 is 5.97 Å². The molecule has 214 valence electrons. The van der Waals surface area contributed by atoms with Gasteiger partial charge in [-0.2, -0.15) is 0 Å². The Hall–Kier alpha value is -1.63. The molecule has 2 atom stereocenters. The number of benzene rings is 1. The second-order valence-electron chi connectivity index (χ2n) is 11.1. The van der Waals surface area contributed by atoms with Gasteiger partial charge in [0.25, 0.3) is 0 Å². The lowest BCUT2D eigenvalue weighted by Gasteiger charge is -2.43. The van der Waals surface area contributed by atoms with Crippen LogP contribution >= 0.6 is 23.2 Å². The fourth-order valence-corrected chi connectivity index (χ4v) is 9.03. The van der Waals surface area contributed by atoms with Crippen LogP contribution in [0.25, 0.3) is 11.3 Å². The van der Waals surface area contributed by atoms with Gasteiger partial charge in [0.05, 0.1) is 45.6 Å². The summed E-state index contributed by atoms with van der Waals surface area (Å²) in [5, 5.41) is 0.674. The van der Waals surface area contributed by atoms with Crippen molar-refractivity contribution in [3.8, 4) is 11.3 Å². The molecule has 0 aliphatic carbocycles. The lowest BCUT2D eigenvalue weighted by molar-refractivity contribution is 0.0519. The normalized spacial score (nSPS) is 21.2. The lowest BCUT2D eigenvalue weighted by atomic mass is 9.75. The van der Waals surface area contributed by atoms with E-state index >= 15 is 0 Å². The van der Waals surface area contributed by atoms with Crippen LogP contribution in [0.5, 0.6) is 0 Å². The summed E-state index contributed by atoms with van der Waals surface area (Å²) in [6.07, 6.45) is 1.05. The number of esters is 1.